The van der Waals surface area contributed by atoms with Gasteiger partial charge in [0.25, 0.3) is 0 Å². The average Bonchev–Trinajstić information content (AvgIpc) is 3.19. The van der Waals surface area contributed by atoms with E-state index < -0.39 is 10.0 Å². The quantitative estimate of drug-likeness (QED) is 0.374. The minimum Gasteiger partial charge on any atom is -0.379 e. The van der Waals surface area contributed by atoms with Crippen LogP contribution in [0.4, 0.5) is 5.69 Å². The van der Waals surface area contributed by atoms with E-state index in [1.165, 1.54) is 21.1 Å². The van der Waals surface area contributed by atoms with E-state index in [1.54, 1.807) is 36.7 Å². The number of carbonyl (C=O) groups excluding carboxylic acids is 1. The highest BCUT2D eigenvalue weighted by Crippen LogP contribution is 2.23. The van der Waals surface area contributed by atoms with Crippen molar-refractivity contribution < 1.29 is 17.9 Å². The lowest BCUT2D eigenvalue weighted by molar-refractivity contribution is -0.113. The van der Waals surface area contributed by atoms with Gasteiger partial charge in [-0.05, 0) is 30.3 Å². The Morgan fingerprint density at radius 3 is 2.75 bits per heavy atom. The van der Waals surface area contributed by atoms with E-state index in [-0.39, 0.29) is 16.6 Å². The molecule has 0 spiro atoms. The number of nitrogens with zero attached hydrogens (tertiary/aromatic N) is 5. The van der Waals surface area contributed by atoms with Crippen molar-refractivity contribution in [2.24, 2.45) is 0 Å². The molecule has 168 valence electrons. The number of benzene rings is 1. The minimum atomic E-state index is -3.65. The van der Waals surface area contributed by atoms with Gasteiger partial charge in [0.15, 0.2) is 5.82 Å². The van der Waals surface area contributed by atoms with Crippen LogP contribution in [0.1, 0.15) is 0 Å². The van der Waals surface area contributed by atoms with Crippen LogP contribution in [-0.4, -0.2) is 70.5 Å². The Hall–Kier alpha value is -3.00. The molecule has 1 amide bonds. The van der Waals surface area contributed by atoms with Crippen molar-refractivity contribution in [1.29, 1.82) is 0 Å². The van der Waals surface area contributed by atoms with E-state index in [4.69, 9.17) is 10.6 Å². The molecular weight excluding hydrogens is 454 g/mol. The first kappa shape index (κ1) is 22.2. The number of hydrogen-bond acceptors (Lipinski definition) is 9. The number of anilines is 1. The Morgan fingerprint density at radius 2 is 2.00 bits per heavy atom. The highest BCUT2D eigenvalue weighted by molar-refractivity contribution is 7.99. The summed E-state index contributed by atoms with van der Waals surface area (Å²) >= 11 is 1.11. The zero-order valence-electron chi connectivity index (χ0n) is 16.9. The van der Waals surface area contributed by atoms with Gasteiger partial charge in [-0.3, -0.25) is 9.78 Å². The van der Waals surface area contributed by atoms with Crippen LogP contribution in [0.3, 0.4) is 0 Å². The van der Waals surface area contributed by atoms with Gasteiger partial charge < -0.3 is 15.9 Å². The van der Waals surface area contributed by atoms with Crippen LogP contribution in [0.2, 0.25) is 0 Å². The molecule has 0 aliphatic carbocycles. The number of thioether (sulfide) groups is 1. The lowest BCUT2D eigenvalue weighted by Crippen LogP contribution is -2.40. The van der Waals surface area contributed by atoms with Crippen LogP contribution in [0.5, 0.6) is 0 Å². The number of nitrogens with one attached hydrogen (secondary N) is 1. The van der Waals surface area contributed by atoms with Crippen LogP contribution in [0.15, 0.2) is 58.8 Å². The lowest BCUT2D eigenvalue weighted by atomic mass is 10.3. The number of nitrogen functional groups attached to an aromatic ring is 1. The van der Waals surface area contributed by atoms with Gasteiger partial charge in [-0.1, -0.05) is 17.8 Å². The molecule has 3 heterocycles. The van der Waals surface area contributed by atoms with E-state index in [0.29, 0.717) is 48.5 Å². The van der Waals surface area contributed by atoms with Gasteiger partial charge in [0, 0.05) is 36.7 Å². The number of amides is 1. The number of aromatic nitrogens is 4. The molecule has 0 atom stereocenters. The molecule has 2 aromatic heterocycles. The van der Waals surface area contributed by atoms with E-state index in [0.717, 1.165) is 11.8 Å². The molecule has 0 saturated carbocycles. The zero-order valence-corrected chi connectivity index (χ0v) is 18.6. The second-order valence-electron chi connectivity index (χ2n) is 6.80. The van der Waals surface area contributed by atoms with Crippen LogP contribution < -0.4 is 11.2 Å². The Kier molecular flexibility index (Phi) is 6.69. The van der Waals surface area contributed by atoms with Crippen molar-refractivity contribution >= 4 is 33.4 Å². The van der Waals surface area contributed by atoms with Gasteiger partial charge in [-0.15, -0.1) is 10.2 Å². The maximum Gasteiger partial charge on any atom is 0.243 e. The monoisotopic (exact) mass is 475 g/mol. The molecular formula is C19H21N7O4S2. The fraction of sp³-hybridized carbons (Fsp3) is 0.263. The van der Waals surface area contributed by atoms with Crippen LogP contribution in [0.25, 0.3) is 11.4 Å². The van der Waals surface area contributed by atoms with Gasteiger partial charge in [-0.2, -0.15) is 4.31 Å². The summed E-state index contributed by atoms with van der Waals surface area (Å²) in [6.07, 6.45) is 3.26. The Morgan fingerprint density at radius 1 is 1.19 bits per heavy atom. The number of nitrogens with two attached hydrogens (primary N) is 1. The molecule has 0 unspecified atom stereocenters. The number of pyridine rings is 1. The summed E-state index contributed by atoms with van der Waals surface area (Å²) in [6, 6.07) is 9.74. The van der Waals surface area contributed by atoms with Gasteiger partial charge in [0.1, 0.15) is 0 Å². The van der Waals surface area contributed by atoms with Gasteiger partial charge >= 0.3 is 0 Å². The predicted octanol–water partition coefficient (Wildman–Crippen LogP) is 0.806. The Balaban J connectivity index is 1.39. The summed E-state index contributed by atoms with van der Waals surface area (Å²) in [4.78, 5) is 16.6. The van der Waals surface area contributed by atoms with Crippen LogP contribution in [0, 0.1) is 0 Å². The summed E-state index contributed by atoms with van der Waals surface area (Å²) in [5.74, 6) is 6.16. The molecule has 4 rings (SSSR count). The minimum absolute atomic E-state index is 0.0167. The molecule has 1 aromatic carbocycles. The molecule has 13 heteroatoms. The predicted molar refractivity (Wildman–Crippen MR) is 119 cm³/mol. The summed E-state index contributed by atoms with van der Waals surface area (Å²) < 4.78 is 33.5. The first-order chi connectivity index (χ1) is 15.4. The summed E-state index contributed by atoms with van der Waals surface area (Å²) in [5.41, 5.74) is 1.09. The standard InChI is InChI=1S/C19H21N7O4S2/c20-26-18(14-3-2-6-21-12-14)23-24-19(26)31-13-17(27)22-15-4-1-5-16(11-15)32(28,29)25-7-9-30-10-8-25/h1-6,11-12H,7-10,13,20H2,(H,22,27). The third kappa shape index (κ3) is 4.91. The molecule has 11 nitrogen and oxygen atoms in total. The maximum absolute atomic E-state index is 12.8. The van der Waals surface area contributed by atoms with Crippen LogP contribution >= 0.6 is 11.8 Å². The number of sulfonamides is 1. The van der Waals surface area contributed by atoms with E-state index in [2.05, 4.69) is 20.5 Å². The molecule has 0 radical (unpaired) electrons. The zero-order chi connectivity index (χ0) is 22.6. The van der Waals surface area contributed by atoms with E-state index in [9.17, 15) is 13.2 Å². The molecule has 1 aliphatic heterocycles. The van der Waals surface area contributed by atoms with Gasteiger partial charge in [0.05, 0.1) is 23.9 Å². The van der Waals surface area contributed by atoms with Crippen molar-refractivity contribution in [2.75, 3.05) is 43.2 Å². The number of carbonyl (C=O) groups is 1. The average molecular weight is 476 g/mol. The molecule has 3 N–H and O–H groups in total. The topological polar surface area (TPSA) is 145 Å². The Bertz CT molecular complexity index is 1200. The highest BCUT2D eigenvalue weighted by atomic mass is 32.2. The molecule has 32 heavy (non-hydrogen) atoms. The van der Waals surface area contributed by atoms with Gasteiger partial charge in [0.2, 0.25) is 21.1 Å². The number of ether oxygens (including phenoxy) is 1. The van der Waals surface area contributed by atoms with Gasteiger partial charge in [-0.25, -0.2) is 13.1 Å². The van der Waals surface area contributed by atoms with Crippen LogP contribution in [-0.2, 0) is 19.6 Å². The SMILES string of the molecule is Nn1c(SCC(=O)Nc2cccc(S(=O)(=O)N3CCOCC3)c2)nnc1-c1cccnc1. The fourth-order valence-electron chi connectivity index (χ4n) is 3.06. The van der Waals surface area contributed by atoms with E-state index in [1.807, 2.05) is 0 Å². The number of morpholine rings is 1. The third-order valence-electron chi connectivity index (χ3n) is 4.64. The fourth-order valence-corrected chi connectivity index (χ4v) is 5.18. The molecule has 1 aliphatic rings. The van der Waals surface area contributed by atoms with Crippen molar-refractivity contribution in [3.05, 3.63) is 48.8 Å². The summed E-state index contributed by atoms with van der Waals surface area (Å²) in [6.45, 7) is 1.33. The lowest BCUT2D eigenvalue weighted by Gasteiger charge is -2.26. The number of hydrogen-bond donors (Lipinski definition) is 2. The molecule has 3 aromatic rings. The van der Waals surface area contributed by atoms with Crippen molar-refractivity contribution in [2.45, 2.75) is 10.1 Å². The Labute approximate surface area is 189 Å². The third-order valence-corrected chi connectivity index (χ3v) is 7.48. The van der Waals surface area contributed by atoms with Crippen molar-refractivity contribution in [1.82, 2.24) is 24.2 Å². The largest absolute Gasteiger partial charge is 0.379 e. The highest BCUT2D eigenvalue weighted by Gasteiger charge is 2.26. The molecule has 0 bridgehead atoms. The summed E-state index contributed by atoms with van der Waals surface area (Å²) in [7, 11) is -3.65. The molecule has 1 fully saturated rings. The normalized spacial score (nSPS) is 14.9. The maximum atomic E-state index is 12.8. The summed E-state index contributed by atoms with van der Waals surface area (Å²) in [5, 5.41) is 11.1. The second kappa shape index (κ2) is 9.65. The first-order valence-electron chi connectivity index (χ1n) is 9.66. The van der Waals surface area contributed by atoms with E-state index >= 15 is 0 Å². The molecule has 1 saturated heterocycles. The second-order valence-corrected chi connectivity index (χ2v) is 9.68. The van der Waals surface area contributed by atoms with Crippen molar-refractivity contribution in [3.63, 3.8) is 0 Å². The first-order valence-corrected chi connectivity index (χ1v) is 12.1. The van der Waals surface area contributed by atoms with Crippen molar-refractivity contribution in [3.8, 4) is 11.4 Å². The number of rotatable bonds is 7. The smallest absolute Gasteiger partial charge is 0.243 e.